The summed E-state index contributed by atoms with van der Waals surface area (Å²) in [6.07, 6.45) is 2.67. The van der Waals surface area contributed by atoms with E-state index in [9.17, 15) is 13.2 Å². The standard InChI is InChI=1S/C15H16N2O3S/c1-3-16-15(18)12-6-9-14(17-10-12)11-4-7-13(8-5-11)21(2,19)20/h4-10H,3H2,1-2H3,(H,16,18). The van der Waals surface area contributed by atoms with Crippen LogP contribution in [-0.4, -0.2) is 32.1 Å². The molecule has 0 bridgehead atoms. The number of carbonyl (C=O) groups excluding carboxylic acids is 1. The Kier molecular flexibility index (Phi) is 4.37. The first kappa shape index (κ1) is 15.2. The highest BCUT2D eigenvalue weighted by atomic mass is 32.2. The average molecular weight is 304 g/mol. The Morgan fingerprint density at radius 1 is 1.14 bits per heavy atom. The Morgan fingerprint density at radius 2 is 1.81 bits per heavy atom. The SMILES string of the molecule is CCNC(=O)c1ccc(-c2ccc(S(C)(=O)=O)cc2)nc1. The highest BCUT2D eigenvalue weighted by Crippen LogP contribution is 2.19. The topological polar surface area (TPSA) is 76.1 Å². The number of hydrogen-bond donors (Lipinski definition) is 1. The van der Waals surface area contributed by atoms with Crippen LogP contribution in [0.1, 0.15) is 17.3 Å². The van der Waals surface area contributed by atoms with E-state index in [-0.39, 0.29) is 10.8 Å². The number of rotatable bonds is 4. The molecule has 1 N–H and O–H groups in total. The molecule has 0 atom stereocenters. The smallest absolute Gasteiger partial charge is 0.252 e. The molecular weight excluding hydrogens is 288 g/mol. The minimum Gasteiger partial charge on any atom is -0.352 e. The number of amides is 1. The molecule has 110 valence electrons. The van der Waals surface area contributed by atoms with Gasteiger partial charge in [0.25, 0.3) is 5.91 Å². The molecular formula is C15H16N2O3S. The summed E-state index contributed by atoms with van der Waals surface area (Å²) in [7, 11) is -3.20. The Bertz CT molecular complexity index is 735. The maximum atomic E-state index is 11.6. The molecule has 0 aliphatic heterocycles. The van der Waals surface area contributed by atoms with Crippen LogP contribution in [0.4, 0.5) is 0 Å². The van der Waals surface area contributed by atoms with Gasteiger partial charge < -0.3 is 5.32 Å². The van der Waals surface area contributed by atoms with Gasteiger partial charge in [-0.25, -0.2) is 8.42 Å². The first-order valence-corrected chi connectivity index (χ1v) is 8.35. The van der Waals surface area contributed by atoms with Crippen LogP contribution < -0.4 is 5.32 Å². The maximum absolute atomic E-state index is 11.6. The zero-order valence-electron chi connectivity index (χ0n) is 11.8. The molecule has 0 unspecified atom stereocenters. The third-order valence-electron chi connectivity index (χ3n) is 2.94. The van der Waals surface area contributed by atoms with E-state index < -0.39 is 9.84 Å². The number of carbonyl (C=O) groups is 1. The van der Waals surface area contributed by atoms with Crippen molar-refractivity contribution < 1.29 is 13.2 Å². The van der Waals surface area contributed by atoms with Gasteiger partial charge in [-0.3, -0.25) is 9.78 Å². The first-order valence-electron chi connectivity index (χ1n) is 6.46. The lowest BCUT2D eigenvalue weighted by atomic mass is 10.1. The predicted molar refractivity (Wildman–Crippen MR) is 80.8 cm³/mol. The summed E-state index contributed by atoms with van der Waals surface area (Å²) >= 11 is 0. The number of pyridine rings is 1. The normalized spacial score (nSPS) is 11.1. The summed E-state index contributed by atoms with van der Waals surface area (Å²) in [5.74, 6) is -0.163. The zero-order chi connectivity index (χ0) is 15.5. The van der Waals surface area contributed by atoms with Gasteiger partial charge in [0.1, 0.15) is 0 Å². The van der Waals surface area contributed by atoms with E-state index >= 15 is 0 Å². The monoisotopic (exact) mass is 304 g/mol. The molecule has 1 aromatic carbocycles. The second-order valence-corrected chi connectivity index (χ2v) is 6.60. The molecule has 1 heterocycles. The van der Waals surface area contributed by atoms with Gasteiger partial charge in [-0.2, -0.15) is 0 Å². The van der Waals surface area contributed by atoms with Gasteiger partial charge in [0.05, 0.1) is 16.2 Å². The number of sulfone groups is 1. The van der Waals surface area contributed by atoms with Crippen LogP contribution in [0.5, 0.6) is 0 Å². The van der Waals surface area contributed by atoms with Crippen molar-refractivity contribution in [1.82, 2.24) is 10.3 Å². The van der Waals surface area contributed by atoms with Crippen molar-refractivity contribution in [3.05, 3.63) is 48.2 Å². The van der Waals surface area contributed by atoms with Crippen molar-refractivity contribution in [2.75, 3.05) is 12.8 Å². The molecule has 5 nitrogen and oxygen atoms in total. The summed E-state index contributed by atoms with van der Waals surface area (Å²) < 4.78 is 22.8. The molecule has 0 saturated carbocycles. The van der Waals surface area contributed by atoms with E-state index in [2.05, 4.69) is 10.3 Å². The second kappa shape index (κ2) is 6.05. The minimum absolute atomic E-state index is 0.163. The lowest BCUT2D eigenvalue weighted by Gasteiger charge is -2.05. The Balaban J connectivity index is 2.25. The van der Waals surface area contributed by atoms with E-state index in [0.29, 0.717) is 17.8 Å². The number of nitrogens with zero attached hydrogens (tertiary/aromatic N) is 1. The fourth-order valence-electron chi connectivity index (χ4n) is 1.83. The molecule has 0 saturated heterocycles. The van der Waals surface area contributed by atoms with E-state index in [1.807, 2.05) is 6.92 Å². The van der Waals surface area contributed by atoms with Crippen LogP contribution in [0, 0.1) is 0 Å². The third kappa shape index (κ3) is 3.66. The quantitative estimate of drug-likeness (QED) is 0.936. The third-order valence-corrected chi connectivity index (χ3v) is 4.07. The molecule has 2 aromatic rings. The molecule has 0 radical (unpaired) electrons. The van der Waals surface area contributed by atoms with Crippen molar-refractivity contribution in [3.8, 4) is 11.3 Å². The van der Waals surface area contributed by atoms with Crippen LogP contribution in [0.2, 0.25) is 0 Å². The fraction of sp³-hybridized carbons (Fsp3) is 0.200. The molecule has 6 heteroatoms. The molecule has 0 aliphatic carbocycles. The maximum Gasteiger partial charge on any atom is 0.252 e. The van der Waals surface area contributed by atoms with Crippen LogP contribution in [0.25, 0.3) is 11.3 Å². The van der Waals surface area contributed by atoms with Gasteiger partial charge in [0.2, 0.25) is 0 Å². The van der Waals surface area contributed by atoms with E-state index in [1.165, 1.54) is 12.5 Å². The Labute approximate surface area is 124 Å². The number of nitrogens with one attached hydrogen (secondary N) is 1. The molecule has 1 aromatic heterocycles. The lowest BCUT2D eigenvalue weighted by Crippen LogP contribution is -2.22. The molecule has 21 heavy (non-hydrogen) atoms. The number of benzene rings is 1. The summed E-state index contributed by atoms with van der Waals surface area (Å²) in [6.45, 7) is 2.41. The zero-order valence-corrected chi connectivity index (χ0v) is 12.6. The summed E-state index contributed by atoms with van der Waals surface area (Å²) in [6, 6.07) is 9.92. The second-order valence-electron chi connectivity index (χ2n) is 4.59. The van der Waals surface area contributed by atoms with E-state index in [4.69, 9.17) is 0 Å². The summed E-state index contributed by atoms with van der Waals surface area (Å²) in [4.78, 5) is 16.1. The van der Waals surface area contributed by atoms with Crippen LogP contribution >= 0.6 is 0 Å². The van der Waals surface area contributed by atoms with Crippen LogP contribution in [0.15, 0.2) is 47.5 Å². The van der Waals surface area contributed by atoms with Gasteiger partial charge in [0, 0.05) is 24.6 Å². The van der Waals surface area contributed by atoms with Gasteiger partial charge in [-0.15, -0.1) is 0 Å². The molecule has 1 amide bonds. The molecule has 2 rings (SSSR count). The van der Waals surface area contributed by atoms with Crippen LogP contribution in [0.3, 0.4) is 0 Å². The minimum atomic E-state index is -3.20. The van der Waals surface area contributed by atoms with E-state index in [1.54, 1.807) is 36.4 Å². The highest BCUT2D eigenvalue weighted by Gasteiger charge is 2.08. The van der Waals surface area contributed by atoms with Crippen molar-refractivity contribution in [2.24, 2.45) is 0 Å². The van der Waals surface area contributed by atoms with Gasteiger partial charge in [0.15, 0.2) is 9.84 Å². The lowest BCUT2D eigenvalue weighted by molar-refractivity contribution is 0.0955. The number of aromatic nitrogens is 1. The Morgan fingerprint density at radius 3 is 2.29 bits per heavy atom. The highest BCUT2D eigenvalue weighted by molar-refractivity contribution is 7.90. The van der Waals surface area contributed by atoms with Crippen molar-refractivity contribution >= 4 is 15.7 Å². The fourth-order valence-corrected chi connectivity index (χ4v) is 2.46. The van der Waals surface area contributed by atoms with Gasteiger partial charge in [-0.05, 0) is 31.2 Å². The largest absolute Gasteiger partial charge is 0.352 e. The van der Waals surface area contributed by atoms with Crippen molar-refractivity contribution in [2.45, 2.75) is 11.8 Å². The Hall–Kier alpha value is -2.21. The predicted octanol–water partition coefficient (Wildman–Crippen LogP) is 1.90. The average Bonchev–Trinajstić information content (AvgIpc) is 2.47. The van der Waals surface area contributed by atoms with Crippen molar-refractivity contribution in [1.29, 1.82) is 0 Å². The summed E-state index contributed by atoms with van der Waals surface area (Å²) in [5.41, 5.74) is 1.97. The first-order chi connectivity index (χ1) is 9.91. The van der Waals surface area contributed by atoms with E-state index in [0.717, 1.165) is 5.56 Å². The van der Waals surface area contributed by atoms with Crippen LogP contribution in [-0.2, 0) is 9.84 Å². The molecule has 0 fully saturated rings. The van der Waals surface area contributed by atoms with Gasteiger partial charge in [-0.1, -0.05) is 12.1 Å². The summed E-state index contributed by atoms with van der Waals surface area (Å²) in [5, 5.41) is 2.70. The molecule has 0 aliphatic rings. The van der Waals surface area contributed by atoms with Gasteiger partial charge >= 0.3 is 0 Å². The molecule has 0 spiro atoms. The number of hydrogen-bond acceptors (Lipinski definition) is 4. The van der Waals surface area contributed by atoms with Crippen molar-refractivity contribution in [3.63, 3.8) is 0 Å².